The van der Waals surface area contributed by atoms with Gasteiger partial charge < -0.3 is 19.6 Å². The van der Waals surface area contributed by atoms with Crippen LogP contribution in [0.1, 0.15) is 17.7 Å². The van der Waals surface area contributed by atoms with Gasteiger partial charge >= 0.3 is 6.16 Å². The Balaban J connectivity index is 1.35. The van der Waals surface area contributed by atoms with Crippen LogP contribution in [-0.4, -0.2) is 32.6 Å². The number of ether oxygens (including phenoxy) is 2. The highest BCUT2D eigenvalue weighted by Gasteiger charge is 2.23. The number of aromatic nitrogens is 3. The number of fused-ring (bicyclic) bond motifs is 2. The van der Waals surface area contributed by atoms with Gasteiger partial charge in [0.25, 0.3) is 0 Å². The second-order valence-electron chi connectivity index (χ2n) is 9.76. The van der Waals surface area contributed by atoms with E-state index in [2.05, 4.69) is 35.3 Å². The minimum atomic E-state index is -1.36. The molecule has 6 aromatic rings. The summed E-state index contributed by atoms with van der Waals surface area (Å²) in [6.45, 7) is 2.47. The molecule has 2 N–H and O–H groups in total. The lowest BCUT2D eigenvalue weighted by Gasteiger charge is -2.10. The van der Waals surface area contributed by atoms with E-state index in [4.69, 9.17) is 14.6 Å². The van der Waals surface area contributed by atoms with Gasteiger partial charge in [-0.05, 0) is 31.2 Å². The van der Waals surface area contributed by atoms with Crippen LogP contribution in [0.3, 0.4) is 0 Å². The fraction of sp³-hybridized carbons (Fsp3) is 0.152. The first-order valence-electron chi connectivity index (χ1n) is 13.3. The van der Waals surface area contributed by atoms with Gasteiger partial charge in [-0.3, -0.25) is 4.68 Å². The number of para-hydroxylation sites is 1. The summed E-state index contributed by atoms with van der Waals surface area (Å²) in [6, 6.07) is 30.3. The number of nitrogens with one attached hydrogen (secondary N) is 1. The molecule has 2 heterocycles. The molecule has 0 aliphatic rings. The maximum Gasteiger partial charge on any atom is 0.512 e. The third kappa shape index (κ3) is 4.66. The molecule has 0 fully saturated rings. The smallest absolute Gasteiger partial charge is 0.493 e. The Morgan fingerprint density at radius 2 is 1.65 bits per heavy atom. The van der Waals surface area contributed by atoms with Gasteiger partial charge in [0.15, 0.2) is 0 Å². The van der Waals surface area contributed by atoms with E-state index in [1.54, 1.807) is 0 Å². The Hall–Kier alpha value is -5.04. The summed E-state index contributed by atoms with van der Waals surface area (Å²) in [5.41, 5.74) is 6.49. The van der Waals surface area contributed by atoms with Crippen molar-refractivity contribution in [3.05, 3.63) is 102 Å². The normalized spacial score (nSPS) is 11.2. The molecular formula is C33H29N3O4. The third-order valence-electron chi connectivity index (χ3n) is 7.21. The van der Waals surface area contributed by atoms with Gasteiger partial charge in [-0.1, -0.05) is 84.9 Å². The quantitative estimate of drug-likeness (QED) is 0.155. The van der Waals surface area contributed by atoms with Gasteiger partial charge in [0.1, 0.15) is 5.75 Å². The highest BCUT2D eigenvalue weighted by Crippen LogP contribution is 2.41. The zero-order valence-corrected chi connectivity index (χ0v) is 22.3. The van der Waals surface area contributed by atoms with Crippen molar-refractivity contribution in [2.24, 2.45) is 7.05 Å². The summed E-state index contributed by atoms with van der Waals surface area (Å²) in [4.78, 5) is 14.9. The van der Waals surface area contributed by atoms with Crippen LogP contribution >= 0.6 is 0 Å². The van der Waals surface area contributed by atoms with Crippen molar-refractivity contribution in [3.63, 3.8) is 0 Å². The highest BCUT2D eigenvalue weighted by molar-refractivity contribution is 6.01. The molecular weight excluding hydrogens is 502 g/mol. The summed E-state index contributed by atoms with van der Waals surface area (Å²) < 4.78 is 13.3. The minimum Gasteiger partial charge on any atom is -0.493 e. The molecule has 0 spiro atoms. The van der Waals surface area contributed by atoms with E-state index in [1.807, 2.05) is 79.3 Å². The van der Waals surface area contributed by atoms with Crippen LogP contribution in [0.15, 0.2) is 91.0 Å². The van der Waals surface area contributed by atoms with E-state index in [1.165, 1.54) is 0 Å². The van der Waals surface area contributed by atoms with Crippen LogP contribution in [0.5, 0.6) is 11.6 Å². The Morgan fingerprint density at radius 3 is 2.48 bits per heavy atom. The molecule has 0 unspecified atom stereocenters. The van der Waals surface area contributed by atoms with Crippen LogP contribution in [0.2, 0.25) is 0 Å². The first-order chi connectivity index (χ1) is 19.5. The topological polar surface area (TPSA) is 89.4 Å². The first kappa shape index (κ1) is 25.2. The fourth-order valence-electron chi connectivity index (χ4n) is 5.54. The van der Waals surface area contributed by atoms with E-state index in [9.17, 15) is 9.90 Å². The Labute approximate surface area is 231 Å². The predicted octanol–water partition coefficient (Wildman–Crippen LogP) is 7.77. The van der Waals surface area contributed by atoms with Crippen molar-refractivity contribution < 1.29 is 19.4 Å². The van der Waals surface area contributed by atoms with Gasteiger partial charge in [0.05, 0.1) is 23.5 Å². The molecule has 4 aromatic carbocycles. The fourth-order valence-corrected chi connectivity index (χ4v) is 5.54. The molecule has 6 rings (SSSR count). The zero-order valence-electron chi connectivity index (χ0n) is 22.3. The number of nitrogens with zero attached hydrogens (tertiary/aromatic N) is 2. The van der Waals surface area contributed by atoms with Crippen LogP contribution in [0.25, 0.3) is 44.1 Å². The number of rotatable bonds is 8. The molecule has 2 aromatic heterocycles. The summed E-state index contributed by atoms with van der Waals surface area (Å²) in [7, 11) is 1.94. The number of hydrogen-bond acceptors (Lipinski definition) is 4. The van der Waals surface area contributed by atoms with Crippen LogP contribution in [-0.2, 0) is 13.5 Å². The second kappa shape index (κ2) is 10.6. The number of hydrogen-bond donors (Lipinski definition) is 2. The average Bonchev–Trinajstić information content (AvgIpc) is 3.46. The maximum absolute atomic E-state index is 11.6. The molecule has 0 radical (unpaired) electrons. The third-order valence-corrected chi connectivity index (χ3v) is 7.21. The Bertz CT molecular complexity index is 1830. The molecule has 0 aliphatic carbocycles. The van der Waals surface area contributed by atoms with E-state index < -0.39 is 6.16 Å². The van der Waals surface area contributed by atoms with Gasteiger partial charge in [-0.25, -0.2) is 4.79 Å². The molecule has 7 heteroatoms. The molecule has 0 atom stereocenters. The summed E-state index contributed by atoms with van der Waals surface area (Å²) in [5, 5.41) is 17.3. The number of carbonyl (C=O) groups is 1. The maximum atomic E-state index is 11.6. The van der Waals surface area contributed by atoms with E-state index >= 15 is 0 Å². The largest absolute Gasteiger partial charge is 0.512 e. The monoisotopic (exact) mass is 531 g/mol. The highest BCUT2D eigenvalue weighted by atomic mass is 16.7. The lowest BCUT2D eigenvalue weighted by molar-refractivity contribution is 0.142. The van der Waals surface area contributed by atoms with Crippen molar-refractivity contribution >= 4 is 27.8 Å². The molecule has 0 amide bonds. The van der Waals surface area contributed by atoms with Crippen molar-refractivity contribution in [1.29, 1.82) is 0 Å². The molecule has 7 nitrogen and oxygen atoms in total. The lowest BCUT2D eigenvalue weighted by atomic mass is 9.96. The summed E-state index contributed by atoms with van der Waals surface area (Å²) in [6.07, 6.45) is -0.102. The minimum absolute atomic E-state index is 0.239. The lowest BCUT2D eigenvalue weighted by Crippen LogP contribution is -2.06. The van der Waals surface area contributed by atoms with Gasteiger partial charge in [0.2, 0.25) is 5.88 Å². The number of benzene rings is 4. The SMILES string of the molecule is Cc1nn(C)c(-c2ccccc2)c1-c1cccc2c(CCCOc3cccc4ccccc34)c(OC(=O)O)[nH]c12. The first-order valence-corrected chi connectivity index (χ1v) is 13.3. The predicted molar refractivity (Wildman–Crippen MR) is 157 cm³/mol. The van der Waals surface area contributed by atoms with Crippen molar-refractivity contribution in [2.45, 2.75) is 19.8 Å². The van der Waals surface area contributed by atoms with E-state index in [0.717, 1.165) is 61.1 Å². The molecule has 0 bridgehead atoms. The Kier molecular flexibility index (Phi) is 6.70. The number of H-pyrrole nitrogens is 1. The number of carboxylic acid groups (broad SMARTS) is 1. The Morgan fingerprint density at radius 1 is 0.925 bits per heavy atom. The van der Waals surface area contributed by atoms with Crippen molar-refractivity contribution in [3.8, 4) is 34.0 Å². The summed E-state index contributed by atoms with van der Waals surface area (Å²) >= 11 is 0. The molecule has 0 aliphatic heterocycles. The number of aryl methyl sites for hydroxylation is 3. The number of aromatic amines is 1. The second-order valence-corrected chi connectivity index (χ2v) is 9.76. The van der Waals surface area contributed by atoms with E-state index in [-0.39, 0.29) is 5.88 Å². The van der Waals surface area contributed by atoms with E-state index in [0.29, 0.717) is 19.4 Å². The zero-order chi connectivity index (χ0) is 27.6. The van der Waals surface area contributed by atoms with Crippen LogP contribution in [0.4, 0.5) is 4.79 Å². The van der Waals surface area contributed by atoms with Crippen molar-refractivity contribution in [1.82, 2.24) is 14.8 Å². The molecule has 40 heavy (non-hydrogen) atoms. The van der Waals surface area contributed by atoms with Gasteiger partial charge in [-0.2, -0.15) is 5.10 Å². The summed E-state index contributed by atoms with van der Waals surface area (Å²) in [5.74, 6) is 1.07. The van der Waals surface area contributed by atoms with Crippen molar-refractivity contribution in [2.75, 3.05) is 6.61 Å². The van der Waals surface area contributed by atoms with Gasteiger partial charge in [0, 0.05) is 40.1 Å². The molecule has 0 saturated heterocycles. The molecule has 0 saturated carbocycles. The van der Waals surface area contributed by atoms with Crippen LogP contribution < -0.4 is 9.47 Å². The molecule has 200 valence electrons. The van der Waals surface area contributed by atoms with Crippen LogP contribution in [0, 0.1) is 6.92 Å². The van der Waals surface area contributed by atoms with Gasteiger partial charge in [-0.15, -0.1) is 0 Å². The average molecular weight is 532 g/mol. The standard InChI is InChI=1S/C33H29N3O4/c1-21-29(31(36(2)35-21)23-12-4-3-5-13-23)27-17-9-16-25-26(32(34-30(25)27)40-33(37)38)18-10-20-39-28-19-8-14-22-11-6-7-15-24(22)28/h3-9,11-17,19,34H,10,18,20H2,1-2H3,(H,37,38).